The molecule has 1 aromatic rings. The second kappa shape index (κ2) is 6.76. The van der Waals surface area contributed by atoms with E-state index in [1.54, 1.807) is 0 Å². The minimum atomic E-state index is 0.160. The molecule has 1 unspecified atom stereocenters. The van der Waals surface area contributed by atoms with Crippen molar-refractivity contribution in [1.82, 2.24) is 4.90 Å². The molecule has 4 heteroatoms. The van der Waals surface area contributed by atoms with Gasteiger partial charge in [-0.2, -0.15) is 0 Å². The van der Waals surface area contributed by atoms with E-state index in [0.717, 1.165) is 47.8 Å². The van der Waals surface area contributed by atoms with Gasteiger partial charge in [0.05, 0.1) is 0 Å². The van der Waals surface area contributed by atoms with Gasteiger partial charge in [-0.1, -0.05) is 15.9 Å². The van der Waals surface area contributed by atoms with Crippen LogP contribution in [0.15, 0.2) is 22.7 Å². The van der Waals surface area contributed by atoms with E-state index in [4.69, 9.17) is 11.6 Å². The molecule has 1 saturated heterocycles. The van der Waals surface area contributed by atoms with Crippen LogP contribution in [0.2, 0.25) is 0 Å². The number of nitrogens with zero attached hydrogens (tertiary/aromatic N) is 1. The SMILES string of the molecule is Cc1cc(C(=O)N2CCCC2CCCCl)ccc1Br. The number of alkyl halides is 1. The Labute approximate surface area is 128 Å². The largest absolute Gasteiger partial charge is 0.336 e. The lowest BCUT2D eigenvalue weighted by molar-refractivity contribution is 0.0730. The zero-order valence-corrected chi connectivity index (χ0v) is 13.5. The van der Waals surface area contributed by atoms with Crippen LogP contribution in [0.3, 0.4) is 0 Å². The lowest BCUT2D eigenvalue weighted by Gasteiger charge is -2.25. The zero-order valence-electron chi connectivity index (χ0n) is 11.2. The fraction of sp³-hybridized carbons (Fsp3) is 0.533. The van der Waals surface area contributed by atoms with Crippen LogP contribution in [0.4, 0.5) is 0 Å². The molecule has 0 saturated carbocycles. The molecule has 1 aromatic carbocycles. The highest BCUT2D eigenvalue weighted by atomic mass is 79.9. The van der Waals surface area contributed by atoms with Crippen LogP contribution >= 0.6 is 27.5 Å². The van der Waals surface area contributed by atoms with Gasteiger partial charge in [-0.05, 0) is 56.4 Å². The fourth-order valence-corrected chi connectivity index (χ4v) is 3.06. The van der Waals surface area contributed by atoms with Crippen LogP contribution in [0.1, 0.15) is 41.6 Å². The first-order chi connectivity index (χ1) is 9.13. The van der Waals surface area contributed by atoms with Crippen LogP contribution < -0.4 is 0 Å². The van der Waals surface area contributed by atoms with Gasteiger partial charge in [0, 0.05) is 28.5 Å². The molecule has 0 aromatic heterocycles. The quantitative estimate of drug-likeness (QED) is 0.742. The summed E-state index contributed by atoms with van der Waals surface area (Å²) in [7, 11) is 0. The molecule has 1 aliphatic rings. The number of rotatable bonds is 4. The minimum absolute atomic E-state index is 0.160. The second-order valence-corrected chi connectivity index (χ2v) is 6.32. The molecule has 1 atom stereocenters. The van der Waals surface area contributed by atoms with Crippen molar-refractivity contribution in [2.75, 3.05) is 12.4 Å². The van der Waals surface area contributed by atoms with Gasteiger partial charge in [-0.15, -0.1) is 11.6 Å². The number of likely N-dealkylation sites (tertiary alicyclic amines) is 1. The van der Waals surface area contributed by atoms with Gasteiger partial charge >= 0.3 is 0 Å². The summed E-state index contributed by atoms with van der Waals surface area (Å²) in [6.07, 6.45) is 4.21. The van der Waals surface area contributed by atoms with E-state index in [-0.39, 0.29) is 5.91 Å². The Hall–Kier alpha value is -0.540. The first-order valence-corrected chi connectivity index (χ1v) is 8.09. The van der Waals surface area contributed by atoms with Gasteiger partial charge in [-0.3, -0.25) is 4.79 Å². The summed E-state index contributed by atoms with van der Waals surface area (Å²) in [5.74, 6) is 0.836. The summed E-state index contributed by atoms with van der Waals surface area (Å²) < 4.78 is 1.05. The van der Waals surface area contributed by atoms with Crippen molar-refractivity contribution in [1.29, 1.82) is 0 Å². The predicted octanol–water partition coefficient (Wildman–Crippen LogP) is 4.38. The third-order valence-corrected chi connectivity index (χ3v) is 4.87. The minimum Gasteiger partial charge on any atom is -0.336 e. The summed E-state index contributed by atoms with van der Waals surface area (Å²) in [6, 6.07) is 6.18. The summed E-state index contributed by atoms with van der Waals surface area (Å²) >= 11 is 9.22. The Morgan fingerprint density at radius 1 is 1.53 bits per heavy atom. The number of amides is 1. The molecule has 0 radical (unpaired) electrons. The first kappa shape index (κ1) is 14.9. The number of hydrogen-bond donors (Lipinski definition) is 0. The molecule has 1 aliphatic heterocycles. The highest BCUT2D eigenvalue weighted by molar-refractivity contribution is 9.10. The maximum atomic E-state index is 12.6. The first-order valence-electron chi connectivity index (χ1n) is 6.76. The Balaban J connectivity index is 2.11. The van der Waals surface area contributed by atoms with Crippen molar-refractivity contribution in [3.8, 4) is 0 Å². The Bertz CT molecular complexity index is 463. The molecule has 1 heterocycles. The van der Waals surface area contributed by atoms with Crippen molar-refractivity contribution in [2.24, 2.45) is 0 Å². The summed E-state index contributed by atoms with van der Waals surface area (Å²) in [4.78, 5) is 14.6. The van der Waals surface area contributed by atoms with Crippen molar-refractivity contribution >= 4 is 33.4 Å². The molecule has 0 bridgehead atoms. The fourth-order valence-electron chi connectivity index (χ4n) is 2.66. The molecule has 1 amide bonds. The Morgan fingerprint density at radius 2 is 2.32 bits per heavy atom. The van der Waals surface area contributed by atoms with Gasteiger partial charge in [-0.25, -0.2) is 0 Å². The van der Waals surface area contributed by atoms with E-state index in [1.807, 2.05) is 30.0 Å². The molecule has 2 nitrogen and oxygen atoms in total. The van der Waals surface area contributed by atoms with Crippen molar-refractivity contribution in [2.45, 2.75) is 38.6 Å². The molecule has 104 valence electrons. The molecule has 19 heavy (non-hydrogen) atoms. The number of benzene rings is 1. The van der Waals surface area contributed by atoms with E-state index >= 15 is 0 Å². The van der Waals surface area contributed by atoms with Gasteiger partial charge in [0.2, 0.25) is 0 Å². The highest BCUT2D eigenvalue weighted by Gasteiger charge is 2.28. The molecule has 0 spiro atoms. The molecular formula is C15H19BrClNO. The summed E-state index contributed by atoms with van der Waals surface area (Å²) in [6.45, 7) is 2.89. The third kappa shape index (κ3) is 3.51. The predicted molar refractivity (Wildman–Crippen MR) is 82.9 cm³/mol. The maximum Gasteiger partial charge on any atom is 0.254 e. The Kier molecular flexibility index (Phi) is 5.28. The zero-order chi connectivity index (χ0) is 13.8. The van der Waals surface area contributed by atoms with Gasteiger partial charge in [0.15, 0.2) is 0 Å². The van der Waals surface area contributed by atoms with Crippen molar-refractivity contribution < 1.29 is 4.79 Å². The summed E-state index contributed by atoms with van der Waals surface area (Å²) in [5.41, 5.74) is 1.89. The lowest BCUT2D eigenvalue weighted by Crippen LogP contribution is -2.35. The molecule has 2 rings (SSSR count). The standard InChI is InChI=1S/C15H19BrClNO/c1-11-10-12(6-7-14(11)16)15(19)18-9-3-5-13(18)4-2-8-17/h6-7,10,13H,2-5,8-9H2,1H3. The van der Waals surface area contributed by atoms with Crippen molar-refractivity contribution in [3.63, 3.8) is 0 Å². The monoisotopic (exact) mass is 343 g/mol. The van der Waals surface area contributed by atoms with Gasteiger partial charge in [0.1, 0.15) is 0 Å². The van der Waals surface area contributed by atoms with Crippen LogP contribution in [-0.2, 0) is 0 Å². The van der Waals surface area contributed by atoms with Crippen LogP contribution in [-0.4, -0.2) is 29.3 Å². The number of halogens is 2. The smallest absolute Gasteiger partial charge is 0.254 e. The van der Waals surface area contributed by atoms with E-state index in [2.05, 4.69) is 15.9 Å². The van der Waals surface area contributed by atoms with Crippen LogP contribution in [0.25, 0.3) is 0 Å². The van der Waals surface area contributed by atoms with Gasteiger partial charge in [0.25, 0.3) is 5.91 Å². The highest BCUT2D eigenvalue weighted by Crippen LogP contribution is 2.25. The lowest BCUT2D eigenvalue weighted by atomic mass is 10.1. The van der Waals surface area contributed by atoms with Crippen LogP contribution in [0.5, 0.6) is 0 Å². The van der Waals surface area contributed by atoms with E-state index in [9.17, 15) is 4.79 Å². The van der Waals surface area contributed by atoms with Crippen molar-refractivity contribution in [3.05, 3.63) is 33.8 Å². The van der Waals surface area contributed by atoms with Crippen LogP contribution in [0, 0.1) is 6.92 Å². The normalized spacial score (nSPS) is 18.9. The Morgan fingerprint density at radius 3 is 3.00 bits per heavy atom. The van der Waals surface area contributed by atoms with Gasteiger partial charge < -0.3 is 4.90 Å². The molecule has 1 fully saturated rings. The van der Waals surface area contributed by atoms with E-state index in [1.165, 1.54) is 0 Å². The molecule has 0 N–H and O–H groups in total. The topological polar surface area (TPSA) is 20.3 Å². The maximum absolute atomic E-state index is 12.6. The third-order valence-electron chi connectivity index (χ3n) is 3.71. The van der Waals surface area contributed by atoms with E-state index in [0.29, 0.717) is 11.9 Å². The second-order valence-electron chi connectivity index (χ2n) is 5.09. The number of carbonyl (C=O) groups is 1. The molecular weight excluding hydrogens is 326 g/mol. The average Bonchev–Trinajstić information content (AvgIpc) is 2.87. The summed E-state index contributed by atoms with van der Waals surface area (Å²) in [5, 5.41) is 0. The average molecular weight is 345 g/mol. The number of aryl methyl sites for hydroxylation is 1. The van der Waals surface area contributed by atoms with E-state index < -0.39 is 0 Å². The number of carbonyl (C=O) groups excluding carboxylic acids is 1. The number of hydrogen-bond acceptors (Lipinski definition) is 1. The molecule has 0 aliphatic carbocycles.